The van der Waals surface area contributed by atoms with Crippen molar-refractivity contribution in [3.63, 3.8) is 0 Å². The van der Waals surface area contributed by atoms with E-state index in [-0.39, 0.29) is 12.3 Å². The fraction of sp³-hybridized carbons (Fsp3) is 0.125. The number of nitro benzene ring substituents is 1. The van der Waals surface area contributed by atoms with Gasteiger partial charge in [-0.1, -0.05) is 12.1 Å². The van der Waals surface area contributed by atoms with E-state index in [0.717, 1.165) is 0 Å². The minimum absolute atomic E-state index is 0.0113. The van der Waals surface area contributed by atoms with Crippen molar-refractivity contribution in [1.82, 2.24) is 5.43 Å². The molecule has 0 aromatic heterocycles. The quantitative estimate of drug-likeness (QED) is 0.452. The second kappa shape index (κ2) is 8.29. The highest BCUT2D eigenvalue weighted by Crippen LogP contribution is 2.29. The number of rotatable bonds is 7. The van der Waals surface area contributed by atoms with Crippen molar-refractivity contribution in [2.45, 2.75) is 6.61 Å². The molecule has 0 unspecified atom stereocenters. The van der Waals surface area contributed by atoms with Gasteiger partial charge in [-0.2, -0.15) is 5.10 Å². The third-order valence-electron chi connectivity index (χ3n) is 3.15. The number of urea groups is 1. The van der Waals surface area contributed by atoms with Gasteiger partial charge in [-0.15, -0.1) is 0 Å². The molecule has 3 N–H and O–H groups in total. The van der Waals surface area contributed by atoms with Gasteiger partial charge in [-0.05, 0) is 29.8 Å². The van der Waals surface area contributed by atoms with E-state index in [9.17, 15) is 14.9 Å². The molecule has 2 rings (SSSR count). The zero-order valence-electron chi connectivity index (χ0n) is 13.3. The normalized spacial score (nSPS) is 10.4. The number of benzene rings is 2. The maximum absolute atomic E-state index is 11.0. The number of hydrazone groups is 1. The van der Waals surface area contributed by atoms with Crippen LogP contribution in [-0.4, -0.2) is 24.3 Å². The summed E-state index contributed by atoms with van der Waals surface area (Å²) < 4.78 is 10.9. The topological polar surface area (TPSA) is 129 Å². The first kappa shape index (κ1) is 17.7. The number of para-hydroxylation sites is 1. The lowest BCUT2D eigenvalue weighted by molar-refractivity contribution is -0.385. The number of hydrogen-bond donors (Lipinski definition) is 2. The summed E-state index contributed by atoms with van der Waals surface area (Å²) in [6.07, 6.45) is 1.39. The lowest BCUT2D eigenvalue weighted by atomic mass is 10.2. The summed E-state index contributed by atoms with van der Waals surface area (Å²) in [5.41, 5.74) is 8.07. The smallest absolute Gasteiger partial charge is 0.332 e. The van der Waals surface area contributed by atoms with Crippen LogP contribution >= 0.6 is 0 Å². The molecule has 25 heavy (non-hydrogen) atoms. The number of primary amides is 1. The van der Waals surface area contributed by atoms with Crippen LogP contribution in [0.2, 0.25) is 0 Å². The largest absolute Gasteiger partial charge is 0.493 e. The molecule has 2 aromatic rings. The van der Waals surface area contributed by atoms with Gasteiger partial charge in [0.25, 0.3) is 5.69 Å². The number of nitrogens with zero attached hydrogens (tertiary/aromatic N) is 2. The molecule has 0 atom stereocenters. The van der Waals surface area contributed by atoms with E-state index in [1.807, 2.05) is 0 Å². The van der Waals surface area contributed by atoms with E-state index in [2.05, 4.69) is 10.5 Å². The first-order valence-electron chi connectivity index (χ1n) is 7.13. The van der Waals surface area contributed by atoms with Gasteiger partial charge in [0, 0.05) is 6.07 Å². The number of methoxy groups -OCH3 is 1. The molecular weight excluding hydrogens is 328 g/mol. The van der Waals surface area contributed by atoms with Gasteiger partial charge in [0.15, 0.2) is 11.5 Å². The summed E-state index contributed by atoms with van der Waals surface area (Å²) in [4.78, 5) is 21.1. The highest BCUT2D eigenvalue weighted by molar-refractivity contribution is 5.82. The van der Waals surface area contributed by atoms with Crippen LogP contribution < -0.4 is 20.6 Å². The first-order valence-corrected chi connectivity index (χ1v) is 7.13. The molecule has 0 spiro atoms. The van der Waals surface area contributed by atoms with Crippen molar-refractivity contribution in [2.75, 3.05) is 7.11 Å². The molecule has 2 aromatic carbocycles. The number of carbonyl (C=O) groups excluding carboxylic acids is 1. The molecule has 0 saturated carbocycles. The third-order valence-corrected chi connectivity index (χ3v) is 3.15. The molecule has 0 saturated heterocycles. The summed E-state index contributed by atoms with van der Waals surface area (Å²) in [7, 11) is 1.47. The summed E-state index contributed by atoms with van der Waals surface area (Å²) in [5.74, 6) is 0.835. The second-order valence-electron chi connectivity index (χ2n) is 4.82. The summed E-state index contributed by atoms with van der Waals surface area (Å²) >= 11 is 0. The minimum atomic E-state index is -0.771. The molecule has 0 heterocycles. The molecule has 9 heteroatoms. The van der Waals surface area contributed by atoms with Crippen LogP contribution in [0.5, 0.6) is 11.5 Å². The summed E-state index contributed by atoms with van der Waals surface area (Å²) in [6, 6.07) is 10.5. The zero-order chi connectivity index (χ0) is 18.2. The average Bonchev–Trinajstić information content (AvgIpc) is 2.60. The Kier molecular flexibility index (Phi) is 5.88. The van der Waals surface area contributed by atoms with Crippen LogP contribution in [0.1, 0.15) is 11.1 Å². The fourth-order valence-corrected chi connectivity index (χ4v) is 2.02. The van der Waals surface area contributed by atoms with Gasteiger partial charge in [0.1, 0.15) is 6.61 Å². The van der Waals surface area contributed by atoms with E-state index < -0.39 is 11.0 Å². The van der Waals surface area contributed by atoms with E-state index in [0.29, 0.717) is 22.6 Å². The standard InChI is InChI=1S/C16H16N4O5/c1-24-15-8-11(9-18-19-16(17)21)6-7-14(15)25-10-12-4-2-3-5-13(12)20(22)23/h2-9H,10H2,1H3,(H3,17,19,21). The Morgan fingerprint density at radius 1 is 1.32 bits per heavy atom. The van der Waals surface area contributed by atoms with Gasteiger partial charge in [-0.25, -0.2) is 10.2 Å². The number of hydrogen-bond acceptors (Lipinski definition) is 6. The van der Waals surface area contributed by atoms with Crippen molar-refractivity contribution < 1.29 is 19.2 Å². The molecule has 130 valence electrons. The molecule has 2 amide bonds. The third kappa shape index (κ3) is 4.93. The van der Waals surface area contributed by atoms with Crippen LogP contribution in [0, 0.1) is 10.1 Å². The lowest BCUT2D eigenvalue weighted by Crippen LogP contribution is -2.24. The number of nitrogens with one attached hydrogen (secondary N) is 1. The number of carbonyl (C=O) groups is 1. The van der Waals surface area contributed by atoms with Crippen LogP contribution in [0.15, 0.2) is 47.6 Å². The lowest BCUT2D eigenvalue weighted by Gasteiger charge is -2.11. The Labute approximate surface area is 143 Å². The Morgan fingerprint density at radius 2 is 2.08 bits per heavy atom. The molecule has 0 bridgehead atoms. The van der Waals surface area contributed by atoms with E-state index in [4.69, 9.17) is 15.2 Å². The molecule has 9 nitrogen and oxygen atoms in total. The maximum atomic E-state index is 11.0. The molecular formula is C16H16N4O5. The van der Waals surface area contributed by atoms with Crippen molar-refractivity contribution in [3.8, 4) is 11.5 Å². The van der Waals surface area contributed by atoms with Crippen LogP contribution in [-0.2, 0) is 6.61 Å². The van der Waals surface area contributed by atoms with E-state index in [1.54, 1.807) is 36.4 Å². The molecule has 0 aliphatic carbocycles. The molecule has 0 fully saturated rings. The number of nitrogens with two attached hydrogens (primary N) is 1. The monoisotopic (exact) mass is 344 g/mol. The molecule has 0 radical (unpaired) electrons. The SMILES string of the molecule is COc1cc(C=NNC(N)=O)ccc1OCc1ccccc1[N+](=O)[O-]. The van der Waals surface area contributed by atoms with E-state index in [1.165, 1.54) is 19.4 Å². The highest BCUT2D eigenvalue weighted by atomic mass is 16.6. The van der Waals surface area contributed by atoms with Crippen LogP contribution in [0.3, 0.4) is 0 Å². The van der Waals surface area contributed by atoms with Crippen LogP contribution in [0.25, 0.3) is 0 Å². The van der Waals surface area contributed by atoms with Gasteiger partial charge < -0.3 is 15.2 Å². The summed E-state index contributed by atoms with van der Waals surface area (Å²) in [5, 5.41) is 14.7. The number of amides is 2. The Balaban J connectivity index is 2.13. The van der Waals surface area contributed by atoms with Crippen molar-refractivity contribution >= 4 is 17.9 Å². The predicted molar refractivity (Wildman–Crippen MR) is 90.7 cm³/mol. The summed E-state index contributed by atoms with van der Waals surface area (Å²) in [6.45, 7) is 0.0180. The number of ether oxygens (including phenoxy) is 2. The average molecular weight is 344 g/mol. The van der Waals surface area contributed by atoms with Gasteiger partial charge in [-0.3, -0.25) is 10.1 Å². The highest BCUT2D eigenvalue weighted by Gasteiger charge is 2.14. The van der Waals surface area contributed by atoms with Crippen LogP contribution in [0.4, 0.5) is 10.5 Å². The van der Waals surface area contributed by atoms with Crippen molar-refractivity contribution in [2.24, 2.45) is 10.8 Å². The van der Waals surface area contributed by atoms with Gasteiger partial charge >= 0.3 is 6.03 Å². The maximum Gasteiger partial charge on any atom is 0.332 e. The Morgan fingerprint density at radius 3 is 2.76 bits per heavy atom. The Hall–Kier alpha value is -3.62. The minimum Gasteiger partial charge on any atom is -0.493 e. The van der Waals surface area contributed by atoms with Crippen molar-refractivity contribution in [1.29, 1.82) is 0 Å². The first-order chi connectivity index (χ1) is 12.0. The Bertz CT molecular complexity index is 807. The predicted octanol–water partition coefficient (Wildman–Crippen LogP) is 2.18. The number of nitro groups is 1. The second-order valence-corrected chi connectivity index (χ2v) is 4.82. The fourth-order valence-electron chi connectivity index (χ4n) is 2.02. The zero-order valence-corrected chi connectivity index (χ0v) is 13.3. The van der Waals surface area contributed by atoms with Gasteiger partial charge in [0.05, 0.1) is 23.8 Å². The van der Waals surface area contributed by atoms with Gasteiger partial charge in [0.2, 0.25) is 0 Å². The molecule has 0 aliphatic heterocycles. The molecule has 0 aliphatic rings. The van der Waals surface area contributed by atoms with E-state index >= 15 is 0 Å². The van der Waals surface area contributed by atoms with Crippen molar-refractivity contribution in [3.05, 3.63) is 63.7 Å².